The molecular formula is C16H30O4. The average Bonchev–Trinajstić information content (AvgIpc) is 2.88. The number of carbonyl (C=O) groups is 1. The molecule has 4 nitrogen and oxygen atoms in total. The van der Waals surface area contributed by atoms with Crippen LogP contribution in [0.5, 0.6) is 0 Å². The van der Waals surface area contributed by atoms with E-state index in [1.165, 1.54) is 19.3 Å². The molecule has 1 aliphatic heterocycles. The fourth-order valence-corrected chi connectivity index (χ4v) is 2.84. The van der Waals surface area contributed by atoms with Gasteiger partial charge in [0.2, 0.25) is 0 Å². The van der Waals surface area contributed by atoms with Crippen molar-refractivity contribution in [2.24, 2.45) is 0 Å². The van der Waals surface area contributed by atoms with Gasteiger partial charge in [0.1, 0.15) is 0 Å². The average molecular weight is 286 g/mol. The van der Waals surface area contributed by atoms with Crippen molar-refractivity contribution in [3.05, 3.63) is 0 Å². The number of ether oxygens (including phenoxy) is 1. The van der Waals surface area contributed by atoms with Gasteiger partial charge in [-0.05, 0) is 32.1 Å². The Bertz CT molecular complexity index is 267. The minimum atomic E-state index is -0.724. The van der Waals surface area contributed by atoms with Gasteiger partial charge in [0.05, 0.1) is 18.3 Å². The molecule has 3 unspecified atom stereocenters. The van der Waals surface area contributed by atoms with Crippen molar-refractivity contribution in [3.63, 3.8) is 0 Å². The number of hydrogen-bond acceptors (Lipinski definition) is 3. The molecule has 20 heavy (non-hydrogen) atoms. The number of carboxylic acid groups (broad SMARTS) is 1. The second-order valence-electron chi connectivity index (χ2n) is 5.93. The molecule has 0 aromatic heterocycles. The predicted molar refractivity (Wildman–Crippen MR) is 78.8 cm³/mol. The first-order valence-corrected chi connectivity index (χ1v) is 8.18. The number of rotatable bonds is 11. The quantitative estimate of drug-likeness (QED) is 0.570. The van der Waals surface area contributed by atoms with Gasteiger partial charge in [0.25, 0.3) is 0 Å². The predicted octanol–water partition coefficient (Wildman–Crippen LogP) is 3.51. The second-order valence-corrected chi connectivity index (χ2v) is 5.93. The first-order valence-electron chi connectivity index (χ1n) is 8.18. The van der Waals surface area contributed by atoms with Crippen LogP contribution in [0, 0.1) is 0 Å². The van der Waals surface area contributed by atoms with Gasteiger partial charge in [-0.1, -0.05) is 39.0 Å². The van der Waals surface area contributed by atoms with Crippen LogP contribution in [0.4, 0.5) is 0 Å². The monoisotopic (exact) mass is 286 g/mol. The smallest absolute Gasteiger partial charge is 0.303 e. The van der Waals surface area contributed by atoms with Gasteiger partial charge in [-0.3, -0.25) is 4.79 Å². The number of aliphatic hydroxyl groups is 1. The van der Waals surface area contributed by atoms with Gasteiger partial charge >= 0.3 is 5.97 Å². The molecule has 118 valence electrons. The lowest BCUT2D eigenvalue weighted by molar-refractivity contribution is -0.137. The third-order valence-corrected chi connectivity index (χ3v) is 4.09. The molecule has 0 radical (unpaired) electrons. The van der Waals surface area contributed by atoms with E-state index in [4.69, 9.17) is 9.84 Å². The van der Waals surface area contributed by atoms with Gasteiger partial charge in [-0.2, -0.15) is 0 Å². The summed E-state index contributed by atoms with van der Waals surface area (Å²) in [7, 11) is 0. The molecule has 0 spiro atoms. The Hall–Kier alpha value is -0.610. The Kier molecular flexibility index (Phi) is 8.86. The van der Waals surface area contributed by atoms with Gasteiger partial charge in [0, 0.05) is 6.42 Å². The summed E-state index contributed by atoms with van der Waals surface area (Å²) in [5.74, 6) is -0.724. The molecule has 1 saturated heterocycles. The maximum atomic E-state index is 10.4. The summed E-state index contributed by atoms with van der Waals surface area (Å²) in [6.07, 6.45) is 10.2. The van der Waals surface area contributed by atoms with Crippen LogP contribution in [0.3, 0.4) is 0 Å². The van der Waals surface area contributed by atoms with Gasteiger partial charge in [-0.25, -0.2) is 0 Å². The number of aliphatic hydroxyl groups excluding tert-OH is 1. The van der Waals surface area contributed by atoms with E-state index < -0.39 is 5.97 Å². The molecular weight excluding hydrogens is 256 g/mol. The number of aliphatic carboxylic acids is 1. The summed E-state index contributed by atoms with van der Waals surface area (Å²) < 4.78 is 5.89. The minimum absolute atomic E-state index is 0.00102. The Labute approximate surface area is 122 Å². The molecule has 0 saturated carbocycles. The fourth-order valence-electron chi connectivity index (χ4n) is 2.84. The first kappa shape index (κ1) is 17.4. The molecule has 1 heterocycles. The third kappa shape index (κ3) is 7.25. The normalized spacial score (nSPS) is 23.9. The molecule has 0 bridgehead atoms. The van der Waals surface area contributed by atoms with Crippen molar-refractivity contribution < 1.29 is 19.7 Å². The lowest BCUT2D eigenvalue weighted by Crippen LogP contribution is -2.26. The van der Waals surface area contributed by atoms with Gasteiger partial charge in [0.15, 0.2) is 0 Å². The zero-order valence-electron chi connectivity index (χ0n) is 12.7. The van der Waals surface area contributed by atoms with Gasteiger partial charge < -0.3 is 14.9 Å². The fraction of sp³-hybridized carbons (Fsp3) is 0.938. The van der Waals surface area contributed by atoms with Crippen LogP contribution in [0.15, 0.2) is 0 Å². The van der Waals surface area contributed by atoms with Crippen molar-refractivity contribution in [2.75, 3.05) is 0 Å². The minimum Gasteiger partial charge on any atom is -0.481 e. The highest BCUT2D eigenvalue weighted by Crippen LogP contribution is 2.27. The van der Waals surface area contributed by atoms with E-state index in [1.54, 1.807) is 0 Å². The zero-order valence-corrected chi connectivity index (χ0v) is 12.7. The Morgan fingerprint density at radius 2 is 2.00 bits per heavy atom. The van der Waals surface area contributed by atoms with Crippen molar-refractivity contribution in [1.29, 1.82) is 0 Å². The van der Waals surface area contributed by atoms with E-state index in [1.807, 2.05) is 0 Å². The highest BCUT2D eigenvalue weighted by Gasteiger charge is 2.29. The Morgan fingerprint density at radius 1 is 1.20 bits per heavy atom. The molecule has 0 amide bonds. The molecule has 2 N–H and O–H groups in total. The Balaban J connectivity index is 2.07. The van der Waals surface area contributed by atoms with Crippen LogP contribution in [-0.4, -0.2) is 34.5 Å². The lowest BCUT2D eigenvalue weighted by atomic mass is 10.0. The standard InChI is InChI=1S/C16H30O4/c1-2-3-4-5-9-14(17)15-12-11-13(20-15)8-6-7-10-16(18)19/h13-15,17H,2-12H2,1H3,(H,18,19). The van der Waals surface area contributed by atoms with E-state index >= 15 is 0 Å². The van der Waals surface area contributed by atoms with Crippen LogP contribution in [0.1, 0.15) is 77.6 Å². The van der Waals surface area contributed by atoms with Gasteiger partial charge in [-0.15, -0.1) is 0 Å². The summed E-state index contributed by atoms with van der Waals surface area (Å²) in [6, 6.07) is 0. The molecule has 4 heteroatoms. The summed E-state index contributed by atoms with van der Waals surface area (Å²) in [4.78, 5) is 10.4. The van der Waals surface area contributed by atoms with Crippen molar-refractivity contribution in [2.45, 2.75) is 95.9 Å². The third-order valence-electron chi connectivity index (χ3n) is 4.09. The molecule has 0 aromatic carbocycles. The van der Waals surface area contributed by atoms with E-state index in [-0.39, 0.29) is 24.7 Å². The molecule has 3 atom stereocenters. The SMILES string of the molecule is CCCCCCC(O)C1CCC(CCCCC(=O)O)O1. The van der Waals surface area contributed by atoms with Crippen molar-refractivity contribution in [3.8, 4) is 0 Å². The Morgan fingerprint density at radius 3 is 2.70 bits per heavy atom. The van der Waals surface area contributed by atoms with Crippen LogP contribution in [-0.2, 0) is 9.53 Å². The van der Waals surface area contributed by atoms with E-state index in [9.17, 15) is 9.90 Å². The summed E-state index contributed by atoms with van der Waals surface area (Å²) in [5.41, 5.74) is 0. The number of carboxylic acids is 1. The molecule has 0 aromatic rings. The molecule has 0 aliphatic carbocycles. The molecule has 1 fully saturated rings. The first-order chi connectivity index (χ1) is 9.63. The van der Waals surface area contributed by atoms with E-state index in [0.29, 0.717) is 0 Å². The topological polar surface area (TPSA) is 66.8 Å². The highest BCUT2D eigenvalue weighted by atomic mass is 16.5. The summed E-state index contributed by atoms with van der Waals surface area (Å²) in [5, 5.41) is 18.7. The maximum Gasteiger partial charge on any atom is 0.303 e. The summed E-state index contributed by atoms with van der Waals surface area (Å²) in [6.45, 7) is 2.19. The van der Waals surface area contributed by atoms with E-state index in [0.717, 1.165) is 44.9 Å². The summed E-state index contributed by atoms with van der Waals surface area (Å²) >= 11 is 0. The van der Waals surface area contributed by atoms with Crippen molar-refractivity contribution in [1.82, 2.24) is 0 Å². The number of hydrogen-bond donors (Lipinski definition) is 2. The molecule has 1 aliphatic rings. The molecule has 1 rings (SSSR count). The van der Waals surface area contributed by atoms with E-state index in [2.05, 4.69) is 6.92 Å². The zero-order chi connectivity index (χ0) is 14.8. The second kappa shape index (κ2) is 10.2. The van der Waals surface area contributed by atoms with Crippen LogP contribution in [0.2, 0.25) is 0 Å². The highest BCUT2D eigenvalue weighted by molar-refractivity contribution is 5.66. The van der Waals surface area contributed by atoms with Crippen LogP contribution in [0.25, 0.3) is 0 Å². The lowest BCUT2D eigenvalue weighted by Gasteiger charge is -2.19. The van der Waals surface area contributed by atoms with Crippen LogP contribution >= 0.6 is 0 Å². The largest absolute Gasteiger partial charge is 0.481 e. The van der Waals surface area contributed by atoms with Crippen molar-refractivity contribution >= 4 is 5.97 Å². The van der Waals surface area contributed by atoms with Crippen LogP contribution < -0.4 is 0 Å². The maximum absolute atomic E-state index is 10.4. The number of unbranched alkanes of at least 4 members (excludes halogenated alkanes) is 4.